The highest BCUT2D eigenvalue weighted by Gasteiger charge is 2.31. The van der Waals surface area contributed by atoms with Crippen molar-refractivity contribution in [2.45, 2.75) is 38.6 Å². The van der Waals surface area contributed by atoms with Gasteiger partial charge in [-0.2, -0.15) is 0 Å². The van der Waals surface area contributed by atoms with Crippen molar-refractivity contribution in [2.24, 2.45) is 5.92 Å². The summed E-state index contributed by atoms with van der Waals surface area (Å²) >= 11 is 0. The van der Waals surface area contributed by atoms with E-state index in [4.69, 9.17) is 9.47 Å². The SMILES string of the molecule is COc1ccc([C@H]2CCCN2CC(=O)N2CCC[C@@H](C)C2)c(OC)c1. The van der Waals surface area contributed by atoms with E-state index in [1.54, 1.807) is 14.2 Å². The Morgan fingerprint density at radius 3 is 2.68 bits per heavy atom. The summed E-state index contributed by atoms with van der Waals surface area (Å²) in [4.78, 5) is 17.1. The number of benzene rings is 1. The van der Waals surface area contributed by atoms with Crippen LogP contribution in [0.1, 0.15) is 44.2 Å². The summed E-state index contributed by atoms with van der Waals surface area (Å²) in [5, 5.41) is 0. The molecular formula is C20H30N2O3. The molecule has 0 saturated carbocycles. The van der Waals surface area contributed by atoms with E-state index >= 15 is 0 Å². The number of methoxy groups -OCH3 is 2. The number of carbonyl (C=O) groups is 1. The molecule has 0 aromatic heterocycles. The molecule has 0 N–H and O–H groups in total. The summed E-state index contributed by atoms with van der Waals surface area (Å²) < 4.78 is 10.9. The lowest BCUT2D eigenvalue weighted by molar-refractivity contribution is -0.134. The molecule has 1 aromatic carbocycles. The maximum Gasteiger partial charge on any atom is 0.236 e. The van der Waals surface area contributed by atoms with Gasteiger partial charge in [-0.1, -0.05) is 13.0 Å². The molecule has 138 valence electrons. The third-order valence-electron chi connectivity index (χ3n) is 5.51. The molecule has 0 aliphatic carbocycles. The van der Waals surface area contributed by atoms with Gasteiger partial charge in [0, 0.05) is 30.8 Å². The van der Waals surface area contributed by atoms with Crippen molar-refractivity contribution in [2.75, 3.05) is 40.4 Å². The Hall–Kier alpha value is -1.75. The van der Waals surface area contributed by atoms with Crippen LogP contribution in [0.5, 0.6) is 11.5 Å². The van der Waals surface area contributed by atoms with E-state index in [1.165, 1.54) is 6.42 Å². The maximum atomic E-state index is 12.8. The number of carbonyl (C=O) groups excluding carboxylic acids is 1. The second-order valence-corrected chi connectivity index (χ2v) is 7.32. The molecular weight excluding hydrogens is 316 g/mol. The fourth-order valence-electron chi connectivity index (χ4n) is 4.15. The molecule has 0 unspecified atom stereocenters. The van der Waals surface area contributed by atoms with Crippen LogP contribution in [0.15, 0.2) is 18.2 Å². The number of likely N-dealkylation sites (tertiary alicyclic amines) is 2. The van der Waals surface area contributed by atoms with Crippen molar-refractivity contribution >= 4 is 5.91 Å². The summed E-state index contributed by atoms with van der Waals surface area (Å²) in [5.41, 5.74) is 1.15. The minimum atomic E-state index is 0.243. The van der Waals surface area contributed by atoms with Gasteiger partial charge in [-0.25, -0.2) is 0 Å². The van der Waals surface area contributed by atoms with Crippen molar-refractivity contribution in [3.05, 3.63) is 23.8 Å². The number of rotatable bonds is 5. The van der Waals surface area contributed by atoms with Crippen LogP contribution in [0, 0.1) is 5.92 Å². The Morgan fingerprint density at radius 2 is 1.96 bits per heavy atom. The predicted octanol–water partition coefficient (Wildman–Crippen LogP) is 3.10. The lowest BCUT2D eigenvalue weighted by Gasteiger charge is -2.33. The molecule has 2 fully saturated rings. The number of hydrogen-bond acceptors (Lipinski definition) is 4. The van der Waals surface area contributed by atoms with Crippen LogP contribution in [0.25, 0.3) is 0 Å². The molecule has 2 atom stereocenters. The van der Waals surface area contributed by atoms with E-state index in [1.807, 2.05) is 12.1 Å². The topological polar surface area (TPSA) is 42.0 Å². The third-order valence-corrected chi connectivity index (χ3v) is 5.51. The zero-order valence-corrected chi connectivity index (χ0v) is 15.7. The Kier molecular flexibility index (Phi) is 5.84. The molecule has 3 rings (SSSR count). The van der Waals surface area contributed by atoms with Crippen LogP contribution in [0.4, 0.5) is 0 Å². The average molecular weight is 346 g/mol. The number of piperidine rings is 1. The first-order valence-corrected chi connectivity index (χ1v) is 9.36. The summed E-state index contributed by atoms with van der Waals surface area (Å²) in [6.45, 7) is 5.53. The molecule has 0 bridgehead atoms. The van der Waals surface area contributed by atoms with Crippen LogP contribution in [0.3, 0.4) is 0 Å². The van der Waals surface area contributed by atoms with Gasteiger partial charge >= 0.3 is 0 Å². The van der Waals surface area contributed by atoms with Gasteiger partial charge in [0.25, 0.3) is 0 Å². The molecule has 5 heteroatoms. The van der Waals surface area contributed by atoms with Crippen LogP contribution in [0.2, 0.25) is 0 Å². The van der Waals surface area contributed by atoms with E-state index in [9.17, 15) is 4.79 Å². The Labute approximate surface area is 150 Å². The van der Waals surface area contributed by atoms with Crippen LogP contribution in [-0.2, 0) is 4.79 Å². The van der Waals surface area contributed by atoms with Crippen molar-refractivity contribution in [1.29, 1.82) is 0 Å². The van der Waals surface area contributed by atoms with Gasteiger partial charge in [-0.3, -0.25) is 9.69 Å². The van der Waals surface area contributed by atoms with E-state index in [2.05, 4.69) is 22.8 Å². The molecule has 25 heavy (non-hydrogen) atoms. The first-order chi connectivity index (χ1) is 12.1. The molecule has 2 aliphatic rings. The van der Waals surface area contributed by atoms with Gasteiger partial charge in [-0.05, 0) is 44.2 Å². The van der Waals surface area contributed by atoms with E-state index in [0.29, 0.717) is 12.5 Å². The van der Waals surface area contributed by atoms with Crippen LogP contribution >= 0.6 is 0 Å². The normalized spacial score (nSPS) is 24.4. The predicted molar refractivity (Wildman–Crippen MR) is 98.1 cm³/mol. The largest absolute Gasteiger partial charge is 0.497 e. The average Bonchev–Trinajstić information content (AvgIpc) is 3.08. The lowest BCUT2D eigenvalue weighted by atomic mass is 10.00. The first-order valence-electron chi connectivity index (χ1n) is 9.36. The van der Waals surface area contributed by atoms with E-state index in [-0.39, 0.29) is 11.9 Å². The quantitative estimate of drug-likeness (QED) is 0.822. The van der Waals surface area contributed by atoms with Crippen LogP contribution < -0.4 is 9.47 Å². The molecule has 2 saturated heterocycles. The van der Waals surface area contributed by atoms with Crippen molar-refractivity contribution in [1.82, 2.24) is 9.80 Å². The second-order valence-electron chi connectivity index (χ2n) is 7.32. The van der Waals surface area contributed by atoms with Gasteiger partial charge in [0.1, 0.15) is 11.5 Å². The molecule has 1 amide bonds. The van der Waals surface area contributed by atoms with Gasteiger partial charge in [0.05, 0.1) is 20.8 Å². The lowest BCUT2D eigenvalue weighted by Crippen LogP contribution is -2.44. The van der Waals surface area contributed by atoms with Crippen LogP contribution in [-0.4, -0.2) is 56.1 Å². The second kappa shape index (κ2) is 8.09. The molecule has 0 spiro atoms. The standard InChI is InChI=1S/C20H30N2O3/c1-15-6-4-11-22(13-15)20(23)14-21-10-5-7-18(21)17-9-8-16(24-2)12-19(17)25-3/h8-9,12,15,18H,4-7,10-11,13-14H2,1-3H3/t15-,18-/m1/s1. The van der Waals surface area contributed by atoms with Gasteiger partial charge < -0.3 is 14.4 Å². The summed E-state index contributed by atoms with van der Waals surface area (Å²) in [5.74, 6) is 2.53. The fourth-order valence-corrected chi connectivity index (χ4v) is 4.15. The zero-order chi connectivity index (χ0) is 17.8. The van der Waals surface area contributed by atoms with Gasteiger partial charge in [-0.15, -0.1) is 0 Å². The molecule has 0 radical (unpaired) electrons. The summed E-state index contributed by atoms with van der Waals surface area (Å²) in [7, 11) is 3.35. The third kappa shape index (κ3) is 4.09. The highest BCUT2D eigenvalue weighted by Crippen LogP contribution is 2.38. The fraction of sp³-hybridized carbons (Fsp3) is 0.650. The van der Waals surface area contributed by atoms with E-state index in [0.717, 1.165) is 56.0 Å². The molecule has 2 heterocycles. The van der Waals surface area contributed by atoms with Gasteiger partial charge in [0.15, 0.2) is 0 Å². The number of ether oxygens (including phenoxy) is 2. The van der Waals surface area contributed by atoms with Crippen molar-refractivity contribution in [3.63, 3.8) is 0 Å². The Bertz CT molecular complexity index is 605. The Morgan fingerprint density at radius 1 is 1.16 bits per heavy atom. The number of nitrogens with zero attached hydrogens (tertiary/aromatic N) is 2. The maximum absolute atomic E-state index is 12.8. The Balaban J connectivity index is 1.71. The highest BCUT2D eigenvalue weighted by atomic mass is 16.5. The molecule has 1 aromatic rings. The highest BCUT2D eigenvalue weighted by molar-refractivity contribution is 5.78. The minimum absolute atomic E-state index is 0.243. The summed E-state index contributed by atoms with van der Waals surface area (Å²) in [6.07, 6.45) is 4.54. The number of hydrogen-bond donors (Lipinski definition) is 0. The molecule has 5 nitrogen and oxygen atoms in total. The summed E-state index contributed by atoms with van der Waals surface area (Å²) in [6, 6.07) is 6.23. The monoisotopic (exact) mass is 346 g/mol. The zero-order valence-electron chi connectivity index (χ0n) is 15.7. The van der Waals surface area contributed by atoms with Gasteiger partial charge in [0.2, 0.25) is 5.91 Å². The van der Waals surface area contributed by atoms with E-state index < -0.39 is 0 Å². The molecule has 2 aliphatic heterocycles. The van der Waals surface area contributed by atoms with Crippen molar-refractivity contribution in [3.8, 4) is 11.5 Å². The number of amides is 1. The minimum Gasteiger partial charge on any atom is -0.497 e. The first kappa shape index (κ1) is 18.1. The van der Waals surface area contributed by atoms with Crippen molar-refractivity contribution < 1.29 is 14.3 Å². The smallest absolute Gasteiger partial charge is 0.236 e.